The molecule has 0 radical (unpaired) electrons. The third kappa shape index (κ3) is 3.87. The summed E-state index contributed by atoms with van der Waals surface area (Å²) in [5.74, 6) is -0.873. The van der Waals surface area contributed by atoms with Crippen molar-refractivity contribution < 1.29 is 9.18 Å². The molecule has 1 atom stereocenters. The number of carbonyl (C=O) groups excluding carboxylic acids is 1. The Balaban J connectivity index is 0. The molecule has 0 aromatic rings. The van der Waals surface area contributed by atoms with Crippen molar-refractivity contribution in [1.82, 2.24) is 0 Å². The zero-order chi connectivity index (χ0) is 5.86. The van der Waals surface area contributed by atoms with Crippen molar-refractivity contribution in [2.24, 2.45) is 5.73 Å². The Morgan fingerprint density at radius 1 is 1.88 bits per heavy atom. The van der Waals surface area contributed by atoms with Gasteiger partial charge in [0.25, 0.3) is 5.91 Å². The lowest BCUT2D eigenvalue weighted by Crippen LogP contribution is -2.23. The van der Waals surface area contributed by atoms with E-state index in [1.54, 1.807) is 6.92 Å². The van der Waals surface area contributed by atoms with Crippen LogP contribution in [-0.4, -0.2) is 12.1 Å². The Hall–Kier alpha value is -0.310. The fourth-order valence-corrected chi connectivity index (χ4v) is 0.201. The largest absolute Gasteiger partial charge is 0.367 e. The molecule has 0 heterocycles. The van der Waals surface area contributed by atoms with Crippen LogP contribution in [0.4, 0.5) is 4.39 Å². The van der Waals surface area contributed by atoms with Gasteiger partial charge in [-0.1, -0.05) is 6.92 Å². The number of carbonyl (C=O) groups is 1. The van der Waals surface area contributed by atoms with Crippen molar-refractivity contribution in [2.75, 3.05) is 0 Å². The van der Waals surface area contributed by atoms with Gasteiger partial charge in [0.05, 0.1) is 0 Å². The number of amides is 1. The summed E-state index contributed by atoms with van der Waals surface area (Å²) >= 11 is 0. The molecule has 2 nitrogen and oxygen atoms in total. The van der Waals surface area contributed by atoms with Crippen molar-refractivity contribution in [3.05, 3.63) is 0 Å². The summed E-state index contributed by atoms with van der Waals surface area (Å²) in [7, 11) is 0. The molecule has 1 unspecified atom stereocenters. The summed E-state index contributed by atoms with van der Waals surface area (Å²) in [5.41, 5.74) is 4.53. The van der Waals surface area contributed by atoms with E-state index in [0.717, 1.165) is 0 Å². The summed E-state index contributed by atoms with van der Waals surface area (Å²) < 4.78 is 11.8. The normalized spacial score (nSPS) is 11.8. The maximum atomic E-state index is 11.8. The number of alkyl halides is 1. The first kappa shape index (κ1) is 10.6. The SMILES string of the molecule is CCC(F)C(N)=O.Cl. The Morgan fingerprint density at radius 3 is 2.25 bits per heavy atom. The molecule has 1 amide bonds. The molecule has 0 saturated carbocycles. The molecule has 4 heteroatoms. The predicted octanol–water partition coefficient (Wildman–Crippen LogP) is 0.642. The zero-order valence-corrected chi connectivity index (χ0v) is 5.37. The lowest BCUT2D eigenvalue weighted by Gasteiger charge is -1.93. The van der Waals surface area contributed by atoms with Crippen LogP contribution in [0.3, 0.4) is 0 Å². The molecule has 0 aromatic heterocycles. The van der Waals surface area contributed by atoms with E-state index in [-0.39, 0.29) is 18.8 Å². The third-order valence-electron chi connectivity index (χ3n) is 0.667. The van der Waals surface area contributed by atoms with Gasteiger partial charge in [-0.2, -0.15) is 0 Å². The Bertz CT molecular complexity index is 78.4. The molecule has 8 heavy (non-hydrogen) atoms. The summed E-state index contributed by atoms with van der Waals surface area (Å²) in [6.45, 7) is 1.56. The number of primary amides is 1. The lowest BCUT2D eigenvalue weighted by molar-refractivity contribution is -0.122. The van der Waals surface area contributed by atoms with Crippen molar-refractivity contribution >= 4 is 18.3 Å². The van der Waals surface area contributed by atoms with E-state index in [1.807, 2.05) is 0 Å². The maximum absolute atomic E-state index is 11.8. The third-order valence-corrected chi connectivity index (χ3v) is 0.667. The molecular weight excluding hydrogens is 133 g/mol. The average molecular weight is 142 g/mol. The van der Waals surface area contributed by atoms with Crippen molar-refractivity contribution in [3.8, 4) is 0 Å². The Kier molecular flexibility index (Phi) is 6.43. The van der Waals surface area contributed by atoms with Crippen LogP contribution in [0, 0.1) is 0 Å². The van der Waals surface area contributed by atoms with E-state index in [0.29, 0.717) is 0 Å². The topological polar surface area (TPSA) is 43.1 Å². The first-order valence-corrected chi connectivity index (χ1v) is 2.12. The highest BCUT2D eigenvalue weighted by molar-refractivity contribution is 5.85. The summed E-state index contributed by atoms with van der Waals surface area (Å²) in [6.07, 6.45) is -1.28. The second-order valence-electron chi connectivity index (χ2n) is 1.28. The van der Waals surface area contributed by atoms with Gasteiger partial charge in [-0.25, -0.2) is 4.39 Å². The number of nitrogens with two attached hydrogens (primary N) is 1. The molecule has 2 N–H and O–H groups in total. The van der Waals surface area contributed by atoms with E-state index in [4.69, 9.17) is 0 Å². The van der Waals surface area contributed by atoms with Crippen LogP contribution in [0.2, 0.25) is 0 Å². The minimum absolute atomic E-state index is 0. The summed E-state index contributed by atoms with van der Waals surface area (Å²) in [4.78, 5) is 9.78. The van der Waals surface area contributed by atoms with Gasteiger partial charge in [-0.05, 0) is 6.42 Å². The fourth-order valence-electron chi connectivity index (χ4n) is 0.201. The lowest BCUT2D eigenvalue weighted by atomic mass is 10.3. The quantitative estimate of drug-likeness (QED) is 0.603. The molecule has 0 aromatic carbocycles. The van der Waals surface area contributed by atoms with Gasteiger partial charge >= 0.3 is 0 Å². The van der Waals surface area contributed by atoms with E-state index >= 15 is 0 Å². The maximum Gasteiger partial charge on any atom is 0.251 e. The smallest absolute Gasteiger partial charge is 0.251 e. The average Bonchev–Trinajstić information content (AvgIpc) is 1.65. The molecule has 50 valence electrons. The molecule has 0 rings (SSSR count). The van der Waals surface area contributed by atoms with Gasteiger partial charge in [-0.3, -0.25) is 4.79 Å². The van der Waals surface area contributed by atoms with Crippen LogP contribution in [-0.2, 0) is 4.79 Å². The van der Waals surface area contributed by atoms with Crippen LogP contribution >= 0.6 is 12.4 Å². The Labute approximate surface area is 53.7 Å². The van der Waals surface area contributed by atoms with Crippen LogP contribution in [0.15, 0.2) is 0 Å². The summed E-state index contributed by atoms with van der Waals surface area (Å²) in [6, 6.07) is 0. The molecule has 0 bridgehead atoms. The van der Waals surface area contributed by atoms with Gasteiger partial charge in [0, 0.05) is 0 Å². The first-order valence-electron chi connectivity index (χ1n) is 2.12. The van der Waals surface area contributed by atoms with Crippen molar-refractivity contribution in [3.63, 3.8) is 0 Å². The monoisotopic (exact) mass is 141 g/mol. The minimum Gasteiger partial charge on any atom is -0.367 e. The molecule has 0 spiro atoms. The minimum atomic E-state index is -1.46. The number of hydrogen-bond acceptors (Lipinski definition) is 1. The standard InChI is InChI=1S/C4H8FNO.ClH/c1-2-3(5)4(6)7;/h3H,2H2,1H3,(H2,6,7);1H. The van der Waals surface area contributed by atoms with Crippen LogP contribution in [0.5, 0.6) is 0 Å². The van der Waals surface area contributed by atoms with E-state index < -0.39 is 12.1 Å². The molecular formula is C4H9ClFNO. The van der Waals surface area contributed by atoms with Gasteiger partial charge in [0.2, 0.25) is 0 Å². The predicted molar refractivity (Wildman–Crippen MR) is 31.6 cm³/mol. The van der Waals surface area contributed by atoms with E-state index in [2.05, 4.69) is 5.73 Å². The van der Waals surface area contributed by atoms with Gasteiger partial charge in [-0.15, -0.1) is 12.4 Å². The van der Waals surface area contributed by atoms with Crippen LogP contribution < -0.4 is 5.73 Å². The highest BCUT2D eigenvalue weighted by Gasteiger charge is 2.07. The highest BCUT2D eigenvalue weighted by Crippen LogP contribution is 1.92. The number of halogens is 2. The zero-order valence-electron chi connectivity index (χ0n) is 4.56. The Morgan fingerprint density at radius 2 is 2.25 bits per heavy atom. The second kappa shape index (κ2) is 4.84. The number of hydrogen-bond donors (Lipinski definition) is 1. The van der Waals surface area contributed by atoms with Crippen LogP contribution in [0.25, 0.3) is 0 Å². The van der Waals surface area contributed by atoms with Crippen molar-refractivity contribution in [1.29, 1.82) is 0 Å². The summed E-state index contributed by atoms with van der Waals surface area (Å²) in [5, 5.41) is 0. The molecule has 0 aliphatic rings. The molecule has 0 aliphatic heterocycles. The van der Waals surface area contributed by atoms with E-state index in [9.17, 15) is 9.18 Å². The van der Waals surface area contributed by atoms with Gasteiger partial charge in [0.1, 0.15) is 0 Å². The molecule has 0 saturated heterocycles. The van der Waals surface area contributed by atoms with Gasteiger partial charge in [0.15, 0.2) is 6.17 Å². The first-order chi connectivity index (χ1) is 3.18. The fraction of sp³-hybridized carbons (Fsp3) is 0.750. The molecule has 0 fully saturated rings. The number of rotatable bonds is 2. The highest BCUT2D eigenvalue weighted by atomic mass is 35.5. The van der Waals surface area contributed by atoms with E-state index in [1.165, 1.54) is 0 Å². The molecule has 0 aliphatic carbocycles. The second-order valence-corrected chi connectivity index (χ2v) is 1.28. The van der Waals surface area contributed by atoms with Gasteiger partial charge < -0.3 is 5.73 Å². The van der Waals surface area contributed by atoms with Crippen molar-refractivity contribution in [2.45, 2.75) is 19.5 Å². The van der Waals surface area contributed by atoms with Crippen LogP contribution in [0.1, 0.15) is 13.3 Å².